The van der Waals surface area contributed by atoms with Crippen LogP contribution in [0.3, 0.4) is 0 Å². The van der Waals surface area contributed by atoms with Gasteiger partial charge >= 0.3 is 11.8 Å². The molecule has 27 heavy (non-hydrogen) atoms. The van der Waals surface area contributed by atoms with E-state index in [1.807, 2.05) is 32.0 Å². The van der Waals surface area contributed by atoms with Gasteiger partial charge in [0, 0.05) is 5.69 Å². The molecule has 5 nitrogen and oxygen atoms in total. The fourth-order valence-electron chi connectivity index (χ4n) is 2.68. The van der Waals surface area contributed by atoms with E-state index in [0.29, 0.717) is 23.7 Å². The molecule has 2 amide bonds. The standard InChI is InChI=1S/C22H28N2O3/c1-6-15-12-13-16(22(3,4)5)14-18(15)24-21(26)20(25)23-17-10-8-9-11-19(17)27-7-2/h8-14H,6-7H2,1-5H3,(H,23,25)(H,24,26). The average molecular weight is 368 g/mol. The Balaban J connectivity index is 2.18. The minimum atomic E-state index is -0.731. The highest BCUT2D eigenvalue weighted by Crippen LogP contribution is 2.28. The minimum absolute atomic E-state index is 0.0512. The van der Waals surface area contributed by atoms with Gasteiger partial charge < -0.3 is 15.4 Å². The summed E-state index contributed by atoms with van der Waals surface area (Å²) < 4.78 is 5.48. The molecule has 5 heteroatoms. The van der Waals surface area contributed by atoms with Crippen molar-refractivity contribution >= 4 is 23.2 Å². The maximum absolute atomic E-state index is 12.5. The molecule has 0 aliphatic heterocycles. The predicted molar refractivity (Wildman–Crippen MR) is 109 cm³/mol. The summed E-state index contributed by atoms with van der Waals surface area (Å²) in [5.41, 5.74) is 3.17. The van der Waals surface area contributed by atoms with E-state index in [0.717, 1.165) is 17.5 Å². The number of anilines is 2. The lowest BCUT2D eigenvalue weighted by atomic mass is 9.86. The summed E-state index contributed by atoms with van der Waals surface area (Å²) in [4.78, 5) is 24.8. The molecule has 0 radical (unpaired) electrons. The highest BCUT2D eigenvalue weighted by molar-refractivity contribution is 6.43. The summed E-state index contributed by atoms with van der Waals surface area (Å²) in [5.74, 6) is -0.905. The summed E-state index contributed by atoms with van der Waals surface area (Å²) in [7, 11) is 0. The van der Waals surface area contributed by atoms with Crippen molar-refractivity contribution in [1.29, 1.82) is 0 Å². The van der Waals surface area contributed by atoms with Crippen LogP contribution >= 0.6 is 0 Å². The van der Waals surface area contributed by atoms with Crippen LogP contribution in [0.1, 0.15) is 45.7 Å². The Morgan fingerprint density at radius 3 is 2.15 bits per heavy atom. The van der Waals surface area contributed by atoms with Crippen LogP contribution in [0.5, 0.6) is 5.75 Å². The first kappa shape index (κ1) is 20.5. The van der Waals surface area contributed by atoms with Crippen LogP contribution in [0.2, 0.25) is 0 Å². The quantitative estimate of drug-likeness (QED) is 0.762. The molecule has 2 rings (SSSR count). The van der Waals surface area contributed by atoms with E-state index in [1.165, 1.54) is 0 Å². The fraction of sp³-hybridized carbons (Fsp3) is 0.364. The van der Waals surface area contributed by atoms with Crippen molar-refractivity contribution in [3.63, 3.8) is 0 Å². The molecule has 144 valence electrons. The van der Waals surface area contributed by atoms with E-state index < -0.39 is 11.8 Å². The molecule has 0 spiro atoms. The number of amides is 2. The number of ether oxygens (including phenoxy) is 1. The Bertz CT molecular complexity index is 823. The average Bonchev–Trinajstić information content (AvgIpc) is 2.62. The van der Waals surface area contributed by atoms with E-state index in [4.69, 9.17) is 4.74 Å². The van der Waals surface area contributed by atoms with Crippen molar-refractivity contribution in [2.75, 3.05) is 17.2 Å². The molecular formula is C22H28N2O3. The van der Waals surface area contributed by atoms with Gasteiger partial charge in [0.25, 0.3) is 0 Å². The molecule has 0 heterocycles. The molecule has 0 aromatic heterocycles. The van der Waals surface area contributed by atoms with Gasteiger partial charge in [-0.1, -0.05) is 52.0 Å². The lowest BCUT2D eigenvalue weighted by Gasteiger charge is -2.21. The Morgan fingerprint density at radius 1 is 0.926 bits per heavy atom. The Kier molecular flexibility index (Phi) is 6.61. The zero-order valence-corrected chi connectivity index (χ0v) is 16.7. The first-order valence-electron chi connectivity index (χ1n) is 9.23. The minimum Gasteiger partial charge on any atom is -0.492 e. The first-order chi connectivity index (χ1) is 12.8. The van der Waals surface area contributed by atoms with Crippen LogP contribution in [-0.4, -0.2) is 18.4 Å². The number of rotatable bonds is 5. The van der Waals surface area contributed by atoms with Gasteiger partial charge in [-0.3, -0.25) is 9.59 Å². The molecule has 2 aromatic carbocycles. The summed E-state index contributed by atoms with van der Waals surface area (Å²) in [6, 6.07) is 13.0. The molecule has 0 fully saturated rings. The SMILES string of the molecule is CCOc1ccccc1NC(=O)C(=O)Nc1cc(C(C)(C)C)ccc1CC. The highest BCUT2D eigenvalue weighted by Gasteiger charge is 2.19. The van der Waals surface area contributed by atoms with Crippen molar-refractivity contribution < 1.29 is 14.3 Å². The van der Waals surface area contributed by atoms with Gasteiger partial charge in [-0.15, -0.1) is 0 Å². The van der Waals surface area contributed by atoms with Gasteiger partial charge in [0.1, 0.15) is 5.75 Å². The topological polar surface area (TPSA) is 67.4 Å². The van der Waals surface area contributed by atoms with Crippen molar-refractivity contribution in [1.82, 2.24) is 0 Å². The van der Waals surface area contributed by atoms with Gasteiger partial charge in [0.2, 0.25) is 0 Å². The maximum Gasteiger partial charge on any atom is 0.314 e. The van der Waals surface area contributed by atoms with E-state index in [-0.39, 0.29) is 5.41 Å². The zero-order chi connectivity index (χ0) is 20.0. The van der Waals surface area contributed by atoms with Crippen LogP contribution in [0.15, 0.2) is 42.5 Å². The Hall–Kier alpha value is -2.82. The van der Waals surface area contributed by atoms with Crippen LogP contribution < -0.4 is 15.4 Å². The van der Waals surface area contributed by atoms with Crippen molar-refractivity contribution in [3.05, 3.63) is 53.6 Å². The van der Waals surface area contributed by atoms with E-state index >= 15 is 0 Å². The number of hydrogen-bond donors (Lipinski definition) is 2. The smallest absolute Gasteiger partial charge is 0.314 e. The Morgan fingerprint density at radius 2 is 1.56 bits per heavy atom. The molecule has 0 atom stereocenters. The second-order valence-corrected chi connectivity index (χ2v) is 7.31. The summed E-state index contributed by atoms with van der Waals surface area (Å²) in [5, 5.41) is 5.38. The number of carbonyl (C=O) groups excluding carboxylic acids is 2. The number of para-hydroxylation sites is 2. The van der Waals surface area contributed by atoms with Gasteiger partial charge in [-0.25, -0.2) is 0 Å². The number of aryl methyl sites for hydroxylation is 1. The van der Waals surface area contributed by atoms with Crippen LogP contribution in [-0.2, 0) is 21.4 Å². The molecular weight excluding hydrogens is 340 g/mol. The number of benzene rings is 2. The molecule has 0 aliphatic carbocycles. The number of carbonyl (C=O) groups is 2. The lowest BCUT2D eigenvalue weighted by molar-refractivity contribution is -0.133. The van der Waals surface area contributed by atoms with E-state index in [2.05, 4.69) is 37.5 Å². The van der Waals surface area contributed by atoms with E-state index in [9.17, 15) is 9.59 Å². The predicted octanol–water partition coefficient (Wildman–Crippen LogP) is 4.52. The van der Waals surface area contributed by atoms with Crippen molar-refractivity contribution in [3.8, 4) is 5.75 Å². The third-order valence-electron chi connectivity index (χ3n) is 4.25. The maximum atomic E-state index is 12.5. The van der Waals surface area contributed by atoms with Crippen molar-refractivity contribution in [2.45, 2.75) is 46.5 Å². The summed E-state index contributed by atoms with van der Waals surface area (Å²) in [6.45, 7) is 10.7. The number of nitrogens with one attached hydrogen (secondary N) is 2. The molecule has 0 saturated heterocycles. The van der Waals surface area contributed by atoms with Gasteiger partial charge in [0.05, 0.1) is 12.3 Å². The number of hydrogen-bond acceptors (Lipinski definition) is 3. The summed E-state index contributed by atoms with van der Waals surface area (Å²) in [6.07, 6.45) is 0.759. The van der Waals surface area contributed by atoms with Crippen molar-refractivity contribution in [2.24, 2.45) is 0 Å². The van der Waals surface area contributed by atoms with Gasteiger partial charge in [0.15, 0.2) is 0 Å². The third-order valence-corrected chi connectivity index (χ3v) is 4.25. The highest BCUT2D eigenvalue weighted by atomic mass is 16.5. The molecule has 0 bridgehead atoms. The summed E-state index contributed by atoms with van der Waals surface area (Å²) >= 11 is 0. The Labute approximate surface area is 161 Å². The molecule has 2 N–H and O–H groups in total. The monoisotopic (exact) mass is 368 g/mol. The van der Waals surface area contributed by atoms with Gasteiger partial charge in [-0.05, 0) is 48.1 Å². The van der Waals surface area contributed by atoms with E-state index in [1.54, 1.807) is 18.2 Å². The molecule has 0 aliphatic rings. The molecule has 2 aromatic rings. The second kappa shape index (κ2) is 8.71. The lowest BCUT2D eigenvalue weighted by Crippen LogP contribution is -2.29. The molecule has 0 saturated carbocycles. The normalized spacial score (nSPS) is 11.0. The van der Waals surface area contributed by atoms with Crippen LogP contribution in [0.25, 0.3) is 0 Å². The van der Waals surface area contributed by atoms with Crippen LogP contribution in [0, 0.1) is 0 Å². The third kappa shape index (κ3) is 5.33. The second-order valence-electron chi connectivity index (χ2n) is 7.31. The fourth-order valence-corrected chi connectivity index (χ4v) is 2.68. The molecule has 0 unspecified atom stereocenters. The zero-order valence-electron chi connectivity index (χ0n) is 16.7. The first-order valence-corrected chi connectivity index (χ1v) is 9.23. The van der Waals surface area contributed by atoms with Crippen LogP contribution in [0.4, 0.5) is 11.4 Å². The van der Waals surface area contributed by atoms with Gasteiger partial charge in [-0.2, -0.15) is 0 Å². The largest absolute Gasteiger partial charge is 0.492 e.